The van der Waals surface area contributed by atoms with Gasteiger partial charge in [0.25, 0.3) is 0 Å². The minimum atomic E-state index is 0.0482. The van der Waals surface area contributed by atoms with Crippen LogP contribution in [0.3, 0.4) is 0 Å². The van der Waals surface area contributed by atoms with Crippen LogP contribution in [0.1, 0.15) is 49.2 Å². The van der Waals surface area contributed by atoms with Gasteiger partial charge in [0.1, 0.15) is 5.58 Å². The summed E-state index contributed by atoms with van der Waals surface area (Å²) in [4.78, 5) is 11.6. The van der Waals surface area contributed by atoms with Crippen LogP contribution in [0.15, 0.2) is 27.1 Å². The summed E-state index contributed by atoms with van der Waals surface area (Å²) < 4.78 is 6.72. The maximum absolute atomic E-state index is 11.6. The molecule has 0 amide bonds. The van der Waals surface area contributed by atoms with E-state index in [4.69, 9.17) is 4.42 Å². The predicted octanol–water partition coefficient (Wildman–Crippen LogP) is 4.91. The first-order valence-corrected chi connectivity index (χ1v) is 6.58. The Hall–Kier alpha value is -1.09. The van der Waals surface area contributed by atoms with Crippen LogP contribution in [0.4, 0.5) is 0 Å². The van der Waals surface area contributed by atoms with Gasteiger partial charge in [0.05, 0.1) is 0 Å². The van der Waals surface area contributed by atoms with Crippen molar-refractivity contribution in [2.75, 3.05) is 0 Å². The Morgan fingerprint density at radius 3 is 2.65 bits per heavy atom. The van der Waals surface area contributed by atoms with E-state index in [9.17, 15) is 4.79 Å². The van der Waals surface area contributed by atoms with Gasteiger partial charge in [0.15, 0.2) is 11.5 Å². The highest BCUT2D eigenvalue weighted by Gasteiger charge is 2.15. The second kappa shape index (κ2) is 4.65. The van der Waals surface area contributed by atoms with Crippen LogP contribution in [0.2, 0.25) is 0 Å². The molecule has 0 unspecified atom stereocenters. The fourth-order valence-electron chi connectivity index (χ4n) is 1.88. The Morgan fingerprint density at radius 2 is 2.06 bits per heavy atom. The van der Waals surface area contributed by atoms with Crippen molar-refractivity contribution in [1.82, 2.24) is 0 Å². The van der Waals surface area contributed by atoms with E-state index in [-0.39, 0.29) is 5.78 Å². The number of benzene rings is 1. The minimum Gasteiger partial charge on any atom is -0.453 e. The molecule has 0 saturated heterocycles. The highest BCUT2D eigenvalue weighted by atomic mass is 79.9. The number of Topliss-reactive ketones (excluding diaryl/α,β-unsaturated/α-hetero) is 1. The number of rotatable bonds is 3. The van der Waals surface area contributed by atoms with Crippen molar-refractivity contribution in [2.24, 2.45) is 0 Å². The zero-order chi connectivity index (χ0) is 12.6. The molecule has 0 fully saturated rings. The van der Waals surface area contributed by atoms with Gasteiger partial charge in [-0.3, -0.25) is 4.79 Å². The smallest absolute Gasteiger partial charge is 0.197 e. The van der Waals surface area contributed by atoms with E-state index in [1.165, 1.54) is 0 Å². The number of carbonyl (C=O) groups is 1. The highest BCUT2D eigenvalue weighted by molar-refractivity contribution is 9.10. The van der Waals surface area contributed by atoms with Gasteiger partial charge >= 0.3 is 0 Å². The summed E-state index contributed by atoms with van der Waals surface area (Å²) in [7, 11) is 0. The molecule has 0 aliphatic rings. The van der Waals surface area contributed by atoms with E-state index in [0.717, 1.165) is 21.0 Å². The minimum absolute atomic E-state index is 0.0482. The predicted molar refractivity (Wildman–Crippen MR) is 72.6 cm³/mol. The SMILES string of the molecule is CCC(=O)c1cc2cc(Br)cc(C(C)C)c2o1. The van der Waals surface area contributed by atoms with Crippen LogP contribution in [0.5, 0.6) is 0 Å². The number of furan rings is 1. The lowest BCUT2D eigenvalue weighted by molar-refractivity contribution is 0.0963. The Kier molecular flexibility index (Phi) is 3.38. The van der Waals surface area contributed by atoms with Crippen LogP contribution in [-0.2, 0) is 0 Å². The van der Waals surface area contributed by atoms with Gasteiger partial charge in [-0.2, -0.15) is 0 Å². The Morgan fingerprint density at radius 1 is 1.35 bits per heavy atom. The summed E-state index contributed by atoms with van der Waals surface area (Å²) in [5.41, 5.74) is 1.96. The van der Waals surface area contributed by atoms with Crippen molar-refractivity contribution in [3.05, 3.63) is 34.0 Å². The maximum Gasteiger partial charge on any atom is 0.197 e. The Labute approximate surface area is 109 Å². The lowest BCUT2D eigenvalue weighted by atomic mass is 10.0. The summed E-state index contributed by atoms with van der Waals surface area (Å²) in [6.45, 7) is 6.07. The Balaban J connectivity index is 2.67. The number of hydrogen-bond acceptors (Lipinski definition) is 2. The molecule has 17 heavy (non-hydrogen) atoms. The topological polar surface area (TPSA) is 30.2 Å². The van der Waals surface area contributed by atoms with E-state index in [2.05, 4.69) is 35.8 Å². The first-order valence-electron chi connectivity index (χ1n) is 5.79. The first-order chi connectivity index (χ1) is 8.02. The maximum atomic E-state index is 11.6. The quantitative estimate of drug-likeness (QED) is 0.753. The largest absolute Gasteiger partial charge is 0.453 e. The van der Waals surface area contributed by atoms with Crippen molar-refractivity contribution >= 4 is 32.7 Å². The zero-order valence-corrected chi connectivity index (χ0v) is 11.8. The number of hydrogen-bond donors (Lipinski definition) is 0. The normalized spacial score (nSPS) is 11.4. The molecule has 1 aromatic heterocycles. The summed E-state index contributed by atoms with van der Waals surface area (Å²) in [5, 5.41) is 0.986. The molecular weight excluding hydrogens is 280 g/mol. The number of ketones is 1. The second-order valence-corrected chi connectivity index (χ2v) is 5.37. The van der Waals surface area contributed by atoms with Crippen LogP contribution < -0.4 is 0 Å². The lowest BCUT2D eigenvalue weighted by Crippen LogP contribution is -1.92. The summed E-state index contributed by atoms with van der Waals surface area (Å²) in [6, 6.07) is 5.87. The standard InChI is InChI=1S/C14H15BrO2/c1-4-12(16)13-6-9-5-10(15)7-11(8(2)3)14(9)17-13/h5-8H,4H2,1-3H3. The molecule has 3 heteroatoms. The van der Waals surface area contributed by atoms with Gasteiger partial charge < -0.3 is 4.42 Å². The molecule has 1 aromatic carbocycles. The van der Waals surface area contributed by atoms with E-state index < -0.39 is 0 Å². The van der Waals surface area contributed by atoms with E-state index in [1.54, 1.807) is 0 Å². The molecule has 0 bridgehead atoms. The summed E-state index contributed by atoms with van der Waals surface area (Å²) in [6.07, 6.45) is 0.470. The van der Waals surface area contributed by atoms with Crippen molar-refractivity contribution in [3.8, 4) is 0 Å². The third-order valence-corrected chi connectivity index (χ3v) is 3.29. The van der Waals surface area contributed by atoms with Crippen LogP contribution >= 0.6 is 15.9 Å². The highest BCUT2D eigenvalue weighted by Crippen LogP contribution is 2.32. The molecule has 2 aromatic rings. The molecule has 0 N–H and O–H groups in total. The van der Waals surface area contributed by atoms with Gasteiger partial charge in [-0.1, -0.05) is 36.7 Å². The molecule has 0 spiro atoms. The fourth-order valence-corrected chi connectivity index (χ4v) is 2.38. The van der Waals surface area contributed by atoms with E-state index in [0.29, 0.717) is 18.1 Å². The molecule has 2 nitrogen and oxygen atoms in total. The summed E-state index contributed by atoms with van der Waals surface area (Å²) in [5.74, 6) is 0.875. The lowest BCUT2D eigenvalue weighted by Gasteiger charge is -2.06. The average Bonchev–Trinajstić information content (AvgIpc) is 2.69. The van der Waals surface area contributed by atoms with Crippen molar-refractivity contribution in [2.45, 2.75) is 33.1 Å². The number of halogens is 1. The van der Waals surface area contributed by atoms with Gasteiger partial charge in [-0.05, 0) is 29.7 Å². The molecule has 0 aliphatic heterocycles. The number of carbonyl (C=O) groups excluding carboxylic acids is 1. The van der Waals surface area contributed by atoms with Gasteiger partial charge in [-0.15, -0.1) is 0 Å². The fraction of sp³-hybridized carbons (Fsp3) is 0.357. The van der Waals surface area contributed by atoms with Crippen molar-refractivity contribution in [3.63, 3.8) is 0 Å². The van der Waals surface area contributed by atoms with Crippen LogP contribution in [-0.4, -0.2) is 5.78 Å². The third-order valence-electron chi connectivity index (χ3n) is 2.83. The molecule has 90 valence electrons. The molecular formula is C14H15BrO2. The molecule has 1 heterocycles. The third kappa shape index (κ3) is 2.29. The van der Waals surface area contributed by atoms with Gasteiger partial charge in [0.2, 0.25) is 0 Å². The molecule has 0 saturated carbocycles. The van der Waals surface area contributed by atoms with Crippen LogP contribution in [0, 0.1) is 0 Å². The Bertz CT molecular complexity index is 567. The molecule has 2 rings (SSSR count). The van der Waals surface area contributed by atoms with Crippen LogP contribution in [0.25, 0.3) is 11.0 Å². The summed E-state index contributed by atoms with van der Waals surface area (Å²) >= 11 is 3.49. The van der Waals surface area contributed by atoms with Gasteiger partial charge in [-0.25, -0.2) is 0 Å². The molecule has 0 radical (unpaired) electrons. The zero-order valence-electron chi connectivity index (χ0n) is 10.2. The van der Waals surface area contributed by atoms with Crippen molar-refractivity contribution in [1.29, 1.82) is 0 Å². The monoisotopic (exact) mass is 294 g/mol. The second-order valence-electron chi connectivity index (χ2n) is 4.46. The first kappa shape index (κ1) is 12.4. The molecule has 0 aliphatic carbocycles. The van der Waals surface area contributed by atoms with E-state index in [1.807, 2.05) is 19.1 Å². The van der Waals surface area contributed by atoms with Crippen molar-refractivity contribution < 1.29 is 9.21 Å². The number of fused-ring (bicyclic) bond motifs is 1. The van der Waals surface area contributed by atoms with Gasteiger partial charge in [0, 0.05) is 16.3 Å². The van der Waals surface area contributed by atoms with E-state index >= 15 is 0 Å². The molecule has 0 atom stereocenters. The average molecular weight is 295 g/mol.